The van der Waals surface area contributed by atoms with Gasteiger partial charge in [0, 0.05) is 37.6 Å². The molecule has 14 heavy (non-hydrogen) atoms. The van der Waals surface area contributed by atoms with E-state index in [1.165, 1.54) is 5.69 Å². The molecule has 0 amide bonds. The highest BCUT2D eigenvalue weighted by molar-refractivity contribution is 5.53. The van der Waals surface area contributed by atoms with Crippen LogP contribution in [0.15, 0.2) is 24.3 Å². The first kappa shape index (κ1) is 9.30. The van der Waals surface area contributed by atoms with E-state index in [0.717, 1.165) is 31.9 Å². The van der Waals surface area contributed by atoms with Crippen LogP contribution in [0.4, 0.5) is 11.4 Å². The molecule has 0 unspecified atom stereocenters. The second-order valence-corrected chi connectivity index (χ2v) is 3.61. The van der Waals surface area contributed by atoms with E-state index < -0.39 is 0 Å². The lowest BCUT2D eigenvalue weighted by Crippen LogP contribution is -2.49. The Morgan fingerprint density at radius 3 is 2.07 bits per heavy atom. The van der Waals surface area contributed by atoms with Crippen LogP contribution in [0.2, 0.25) is 0 Å². The third-order valence-corrected chi connectivity index (χ3v) is 2.57. The molecular formula is C10H16N4. The van der Waals surface area contributed by atoms with Crippen molar-refractivity contribution in [1.82, 2.24) is 5.01 Å². The van der Waals surface area contributed by atoms with E-state index in [-0.39, 0.29) is 0 Å². The normalized spacial score (nSPS) is 18.5. The molecule has 4 nitrogen and oxygen atoms in total. The zero-order valence-corrected chi connectivity index (χ0v) is 8.19. The Kier molecular flexibility index (Phi) is 2.56. The maximum atomic E-state index is 5.69. The predicted octanol–water partition coefficient (Wildman–Crippen LogP) is 0.265. The van der Waals surface area contributed by atoms with Gasteiger partial charge in [0.2, 0.25) is 0 Å². The van der Waals surface area contributed by atoms with Gasteiger partial charge in [-0.25, -0.2) is 5.01 Å². The molecule has 0 atom stereocenters. The number of hydrogen-bond donors (Lipinski definition) is 2. The summed E-state index contributed by atoms with van der Waals surface area (Å²) in [6.45, 7) is 3.82. The average molecular weight is 192 g/mol. The minimum atomic E-state index is 0.811. The van der Waals surface area contributed by atoms with Crippen LogP contribution in [0, 0.1) is 0 Å². The highest BCUT2D eigenvalue weighted by Crippen LogP contribution is 2.17. The minimum Gasteiger partial charge on any atom is -0.399 e. The Hall–Kier alpha value is -1.26. The summed E-state index contributed by atoms with van der Waals surface area (Å²) < 4.78 is 0. The van der Waals surface area contributed by atoms with Crippen molar-refractivity contribution in [3.63, 3.8) is 0 Å². The molecule has 0 spiro atoms. The van der Waals surface area contributed by atoms with Crippen LogP contribution in [0.3, 0.4) is 0 Å². The molecule has 1 aromatic carbocycles. The second-order valence-electron chi connectivity index (χ2n) is 3.61. The van der Waals surface area contributed by atoms with Crippen LogP contribution in [-0.4, -0.2) is 31.2 Å². The van der Waals surface area contributed by atoms with Crippen LogP contribution >= 0.6 is 0 Å². The first-order valence-electron chi connectivity index (χ1n) is 4.86. The molecule has 1 fully saturated rings. The third-order valence-electron chi connectivity index (χ3n) is 2.57. The molecular weight excluding hydrogens is 176 g/mol. The van der Waals surface area contributed by atoms with E-state index in [4.69, 9.17) is 11.6 Å². The van der Waals surface area contributed by atoms with Gasteiger partial charge >= 0.3 is 0 Å². The average Bonchev–Trinajstić information content (AvgIpc) is 2.21. The minimum absolute atomic E-state index is 0.811. The summed E-state index contributed by atoms with van der Waals surface area (Å²) >= 11 is 0. The first-order chi connectivity index (χ1) is 6.75. The van der Waals surface area contributed by atoms with Gasteiger partial charge in [-0.15, -0.1) is 0 Å². The summed E-state index contributed by atoms with van der Waals surface area (Å²) in [5.41, 5.74) is 7.67. The second kappa shape index (κ2) is 3.86. The fraction of sp³-hybridized carbons (Fsp3) is 0.400. The Labute approximate surface area is 84.1 Å². The number of nitrogens with zero attached hydrogens (tertiary/aromatic N) is 2. The highest BCUT2D eigenvalue weighted by atomic mass is 15.4. The topological polar surface area (TPSA) is 58.5 Å². The number of hydrogen-bond acceptors (Lipinski definition) is 4. The predicted molar refractivity (Wildman–Crippen MR) is 58.8 cm³/mol. The lowest BCUT2D eigenvalue weighted by atomic mass is 10.2. The zero-order valence-electron chi connectivity index (χ0n) is 8.19. The van der Waals surface area contributed by atoms with Gasteiger partial charge in [0.15, 0.2) is 0 Å². The van der Waals surface area contributed by atoms with E-state index in [0.29, 0.717) is 0 Å². The van der Waals surface area contributed by atoms with E-state index >= 15 is 0 Å². The fourth-order valence-corrected chi connectivity index (χ4v) is 1.67. The summed E-state index contributed by atoms with van der Waals surface area (Å²) in [6, 6.07) is 7.98. The Balaban J connectivity index is 2.05. The fourth-order valence-electron chi connectivity index (χ4n) is 1.67. The van der Waals surface area contributed by atoms with E-state index in [9.17, 15) is 0 Å². The van der Waals surface area contributed by atoms with Crippen molar-refractivity contribution >= 4 is 11.4 Å². The number of piperazine rings is 1. The monoisotopic (exact) mass is 192 g/mol. The summed E-state index contributed by atoms with van der Waals surface area (Å²) in [5.74, 6) is 5.69. The van der Waals surface area contributed by atoms with Crippen LogP contribution in [0.5, 0.6) is 0 Å². The van der Waals surface area contributed by atoms with Gasteiger partial charge in [-0.3, -0.25) is 5.84 Å². The molecule has 0 bridgehead atoms. The standard InChI is InChI=1S/C10H16N4/c11-9-1-3-10(4-2-9)13-5-7-14(12)8-6-13/h1-4H,5-8,11-12H2. The van der Waals surface area contributed by atoms with Gasteiger partial charge in [-0.05, 0) is 24.3 Å². The van der Waals surface area contributed by atoms with E-state index in [1.807, 2.05) is 17.1 Å². The number of rotatable bonds is 1. The molecule has 1 saturated heterocycles. The Morgan fingerprint density at radius 1 is 0.929 bits per heavy atom. The lowest BCUT2D eigenvalue weighted by Gasteiger charge is -2.33. The van der Waals surface area contributed by atoms with Crippen LogP contribution in [-0.2, 0) is 0 Å². The molecule has 0 aliphatic carbocycles. The number of anilines is 2. The summed E-state index contributed by atoms with van der Waals surface area (Å²) in [5, 5.41) is 1.85. The van der Waals surface area contributed by atoms with Crippen molar-refractivity contribution in [2.75, 3.05) is 36.8 Å². The SMILES string of the molecule is Nc1ccc(N2CCN(N)CC2)cc1. The van der Waals surface area contributed by atoms with Crippen molar-refractivity contribution < 1.29 is 0 Å². The van der Waals surface area contributed by atoms with Crippen molar-refractivity contribution in [3.05, 3.63) is 24.3 Å². The molecule has 1 aliphatic rings. The van der Waals surface area contributed by atoms with Gasteiger partial charge in [0.1, 0.15) is 0 Å². The summed E-state index contributed by atoms with van der Waals surface area (Å²) in [6.07, 6.45) is 0. The van der Waals surface area contributed by atoms with Gasteiger partial charge < -0.3 is 10.6 Å². The van der Waals surface area contributed by atoms with Crippen LogP contribution in [0.1, 0.15) is 0 Å². The third kappa shape index (κ3) is 1.97. The Morgan fingerprint density at radius 2 is 1.50 bits per heavy atom. The number of hydrazine groups is 1. The van der Waals surface area contributed by atoms with Gasteiger partial charge in [-0.1, -0.05) is 0 Å². The van der Waals surface area contributed by atoms with E-state index in [2.05, 4.69) is 17.0 Å². The molecule has 0 radical (unpaired) electrons. The smallest absolute Gasteiger partial charge is 0.0368 e. The zero-order chi connectivity index (χ0) is 9.97. The molecule has 0 saturated carbocycles. The summed E-state index contributed by atoms with van der Waals surface area (Å²) in [7, 11) is 0. The maximum absolute atomic E-state index is 5.69. The van der Waals surface area contributed by atoms with Crippen molar-refractivity contribution in [2.24, 2.45) is 5.84 Å². The van der Waals surface area contributed by atoms with Gasteiger partial charge in [0.25, 0.3) is 0 Å². The van der Waals surface area contributed by atoms with Crippen molar-refractivity contribution in [1.29, 1.82) is 0 Å². The molecule has 0 aromatic heterocycles. The highest BCUT2D eigenvalue weighted by Gasteiger charge is 2.13. The van der Waals surface area contributed by atoms with Crippen LogP contribution in [0.25, 0.3) is 0 Å². The lowest BCUT2D eigenvalue weighted by molar-refractivity contribution is 0.266. The quantitative estimate of drug-likeness (QED) is 0.495. The van der Waals surface area contributed by atoms with E-state index in [1.54, 1.807) is 0 Å². The number of benzene rings is 1. The largest absolute Gasteiger partial charge is 0.399 e. The molecule has 1 aromatic rings. The molecule has 76 valence electrons. The molecule has 1 heterocycles. The summed E-state index contributed by atoms with van der Waals surface area (Å²) in [4.78, 5) is 2.32. The Bertz CT molecular complexity index is 287. The first-order valence-corrected chi connectivity index (χ1v) is 4.86. The van der Waals surface area contributed by atoms with Crippen molar-refractivity contribution in [2.45, 2.75) is 0 Å². The molecule has 1 aliphatic heterocycles. The van der Waals surface area contributed by atoms with Gasteiger partial charge in [0.05, 0.1) is 0 Å². The molecule has 4 N–H and O–H groups in total. The molecule has 4 heteroatoms. The van der Waals surface area contributed by atoms with Crippen LogP contribution < -0.4 is 16.5 Å². The number of nitrogen functional groups attached to an aromatic ring is 1. The maximum Gasteiger partial charge on any atom is 0.0368 e. The molecule has 2 rings (SSSR count). The van der Waals surface area contributed by atoms with Crippen molar-refractivity contribution in [3.8, 4) is 0 Å². The van der Waals surface area contributed by atoms with Gasteiger partial charge in [-0.2, -0.15) is 0 Å². The number of nitrogens with two attached hydrogens (primary N) is 2.